The van der Waals surface area contributed by atoms with E-state index in [1.807, 2.05) is 6.07 Å². The van der Waals surface area contributed by atoms with E-state index >= 15 is 0 Å². The van der Waals surface area contributed by atoms with E-state index in [0.29, 0.717) is 0 Å². The van der Waals surface area contributed by atoms with Crippen molar-refractivity contribution in [1.82, 2.24) is 4.57 Å². The summed E-state index contributed by atoms with van der Waals surface area (Å²) in [7, 11) is 0. The molecule has 12 aromatic rings. The standard InChI is InChI=1S/C63H44N2O/c1-63(2)55-23-11-9-21-50(55)52-39-54-53-38-46(31-36-57(53)65(59(54)40-56(52)63)49-20-13-19-45(37-49)42-17-7-4-8-18-42)44-29-34-48(35-30-44)64(47-32-27-43(28-33-47)41-15-5-3-6-16-41)58-24-14-26-61-62(58)51-22-10-12-25-60(51)66-61/h3-40H,1-2H3. The lowest BCUT2D eigenvalue weighted by Crippen LogP contribution is -2.14. The normalized spacial score (nSPS) is 12.8. The molecule has 0 saturated carbocycles. The lowest BCUT2D eigenvalue weighted by Gasteiger charge is -2.26. The van der Waals surface area contributed by atoms with Crippen LogP contribution in [0, 0.1) is 0 Å². The average molecular weight is 845 g/mol. The molecule has 0 unspecified atom stereocenters. The molecule has 0 bridgehead atoms. The minimum atomic E-state index is -0.117. The van der Waals surface area contributed by atoms with Crippen molar-refractivity contribution in [3.8, 4) is 50.2 Å². The Kier molecular flexibility index (Phi) is 8.56. The number of hydrogen-bond acceptors (Lipinski definition) is 2. The molecule has 0 spiro atoms. The Balaban J connectivity index is 0.964. The molecule has 0 fully saturated rings. The quantitative estimate of drug-likeness (QED) is 0.159. The molecule has 66 heavy (non-hydrogen) atoms. The highest BCUT2D eigenvalue weighted by Gasteiger charge is 2.36. The highest BCUT2D eigenvalue weighted by atomic mass is 16.3. The first-order chi connectivity index (χ1) is 32.5. The zero-order valence-corrected chi connectivity index (χ0v) is 36.7. The lowest BCUT2D eigenvalue weighted by molar-refractivity contribution is 0.661. The average Bonchev–Trinajstić information content (AvgIpc) is 3.99. The van der Waals surface area contributed by atoms with Crippen LogP contribution in [0.15, 0.2) is 235 Å². The summed E-state index contributed by atoms with van der Waals surface area (Å²) in [6.07, 6.45) is 0. The van der Waals surface area contributed by atoms with Crippen LogP contribution in [0.2, 0.25) is 0 Å². The van der Waals surface area contributed by atoms with Crippen LogP contribution in [-0.2, 0) is 5.41 Å². The third-order valence-electron chi connectivity index (χ3n) is 14.0. The Morgan fingerprint density at radius 3 is 1.70 bits per heavy atom. The van der Waals surface area contributed by atoms with Crippen molar-refractivity contribution in [3.05, 3.63) is 242 Å². The Morgan fingerprint density at radius 2 is 0.939 bits per heavy atom. The molecule has 1 aliphatic carbocycles. The molecule has 3 nitrogen and oxygen atoms in total. The number of benzene rings is 10. The van der Waals surface area contributed by atoms with Gasteiger partial charge in [0.2, 0.25) is 0 Å². The third kappa shape index (κ3) is 5.97. The SMILES string of the molecule is CC1(C)c2ccccc2-c2cc3c4cc(-c5ccc(N(c6ccc(-c7ccccc7)cc6)c6cccc7oc8ccccc8c67)cc5)ccc4n(-c4cccc(-c5ccccc5)c4)c3cc21. The molecule has 13 rings (SSSR count). The first kappa shape index (κ1) is 38.1. The van der Waals surface area contributed by atoms with Gasteiger partial charge in [0.15, 0.2) is 0 Å². The van der Waals surface area contributed by atoms with Gasteiger partial charge in [-0.2, -0.15) is 0 Å². The number of para-hydroxylation sites is 1. The first-order valence-corrected chi connectivity index (χ1v) is 22.8. The third-order valence-corrected chi connectivity index (χ3v) is 14.0. The monoisotopic (exact) mass is 844 g/mol. The fraction of sp³-hybridized carbons (Fsp3) is 0.0476. The minimum absolute atomic E-state index is 0.117. The van der Waals surface area contributed by atoms with E-state index in [1.54, 1.807) is 0 Å². The zero-order chi connectivity index (χ0) is 43.9. The number of rotatable bonds is 7. The summed E-state index contributed by atoms with van der Waals surface area (Å²) in [5, 5.41) is 4.69. The maximum atomic E-state index is 6.41. The molecule has 1 aliphatic rings. The van der Waals surface area contributed by atoms with Gasteiger partial charge in [0.1, 0.15) is 11.2 Å². The smallest absolute Gasteiger partial charge is 0.137 e. The van der Waals surface area contributed by atoms with Gasteiger partial charge in [-0.25, -0.2) is 0 Å². The number of anilines is 3. The van der Waals surface area contributed by atoms with Crippen molar-refractivity contribution >= 4 is 60.8 Å². The Hall–Kier alpha value is -8.40. The van der Waals surface area contributed by atoms with Crippen LogP contribution in [0.3, 0.4) is 0 Å². The Labute approximate surface area is 384 Å². The van der Waals surface area contributed by atoms with E-state index in [4.69, 9.17) is 4.42 Å². The Morgan fingerprint density at radius 1 is 0.379 bits per heavy atom. The zero-order valence-electron chi connectivity index (χ0n) is 36.7. The minimum Gasteiger partial charge on any atom is -0.456 e. The number of furan rings is 1. The van der Waals surface area contributed by atoms with E-state index in [1.165, 1.54) is 71.9 Å². The van der Waals surface area contributed by atoms with Gasteiger partial charge in [0.05, 0.1) is 22.1 Å². The molecule has 312 valence electrons. The fourth-order valence-electron chi connectivity index (χ4n) is 10.7. The second-order valence-electron chi connectivity index (χ2n) is 18.1. The maximum absolute atomic E-state index is 6.41. The number of aromatic nitrogens is 1. The largest absolute Gasteiger partial charge is 0.456 e. The first-order valence-electron chi connectivity index (χ1n) is 22.8. The van der Waals surface area contributed by atoms with E-state index in [2.05, 4.69) is 248 Å². The molecule has 3 heteroatoms. The van der Waals surface area contributed by atoms with Gasteiger partial charge in [-0.1, -0.05) is 166 Å². The lowest BCUT2D eigenvalue weighted by atomic mass is 9.82. The molecular formula is C63H44N2O. The van der Waals surface area contributed by atoms with Gasteiger partial charge in [-0.05, 0) is 134 Å². The predicted molar refractivity (Wildman–Crippen MR) is 277 cm³/mol. The van der Waals surface area contributed by atoms with Crippen LogP contribution in [-0.4, -0.2) is 4.57 Å². The van der Waals surface area contributed by atoms with Gasteiger partial charge in [0, 0.05) is 38.6 Å². The Bertz CT molecular complexity index is 3820. The summed E-state index contributed by atoms with van der Waals surface area (Å²) in [6.45, 7) is 4.74. The molecule has 2 heterocycles. The van der Waals surface area contributed by atoms with Crippen molar-refractivity contribution < 1.29 is 4.42 Å². The second kappa shape index (κ2) is 14.8. The van der Waals surface area contributed by atoms with Gasteiger partial charge < -0.3 is 13.9 Å². The number of fused-ring (bicyclic) bond motifs is 9. The molecule has 0 atom stereocenters. The maximum Gasteiger partial charge on any atom is 0.137 e. The van der Waals surface area contributed by atoms with Crippen molar-refractivity contribution in [2.75, 3.05) is 4.90 Å². The van der Waals surface area contributed by atoms with Gasteiger partial charge in [-0.15, -0.1) is 0 Å². The van der Waals surface area contributed by atoms with Crippen LogP contribution >= 0.6 is 0 Å². The highest BCUT2D eigenvalue weighted by Crippen LogP contribution is 2.51. The topological polar surface area (TPSA) is 21.3 Å². The molecule has 10 aromatic carbocycles. The predicted octanol–water partition coefficient (Wildman–Crippen LogP) is 17.5. The van der Waals surface area contributed by atoms with E-state index in [-0.39, 0.29) is 5.41 Å². The molecule has 0 aliphatic heterocycles. The van der Waals surface area contributed by atoms with Crippen molar-refractivity contribution in [2.45, 2.75) is 19.3 Å². The van der Waals surface area contributed by atoms with Crippen LogP contribution in [0.4, 0.5) is 17.1 Å². The molecular weight excluding hydrogens is 801 g/mol. The van der Waals surface area contributed by atoms with Gasteiger partial charge in [-0.3, -0.25) is 0 Å². The van der Waals surface area contributed by atoms with Crippen molar-refractivity contribution in [1.29, 1.82) is 0 Å². The summed E-state index contributed by atoms with van der Waals surface area (Å²) < 4.78 is 8.89. The summed E-state index contributed by atoms with van der Waals surface area (Å²) in [4.78, 5) is 2.36. The van der Waals surface area contributed by atoms with Crippen molar-refractivity contribution in [2.24, 2.45) is 0 Å². The van der Waals surface area contributed by atoms with Gasteiger partial charge in [0.25, 0.3) is 0 Å². The van der Waals surface area contributed by atoms with Crippen LogP contribution < -0.4 is 4.90 Å². The summed E-state index contributed by atoms with van der Waals surface area (Å²) in [6, 6.07) is 83.8. The number of hydrogen-bond donors (Lipinski definition) is 0. The molecule has 0 amide bonds. The van der Waals surface area contributed by atoms with Crippen LogP contribution in [0.25, 0.3) is 93.9 Å². The van der Waals surface area contributed by atoms with Crippen molar-refractivity contribution in [3.63, 3.8) is 0 Å². The summed E-state index contributed by atoms with van der Waals surface area (Å²) >= 11 is 0. The fourth-order valence-corrected chi connectivity index (χ4v) is 10.7. The molecule has 2 aromatic heterocycles. The molecule has 0 N–H and O–H groups in total. The summed E-state index contributed by atoms with van der Waals surface area (Å²) in [5.74, 6) is 0. The van der Waals surface area contributed by atoms with E-state index < -0.39 is 0 Å². The van der Waals surface area contributed by atoms with E-state index in [0.717, 1.165) is 50.3 Å². The molecule has 0 saturated heterocycles. The van der Waals surface area contributed by atoms with Crippen LogP contribution in [0.5, 0.6) is 0 Å². The second-order valence-corrected chi connectivity index (χ2v) is 18.1. The molecule has 0 radical (unpaired) electrons. The highest BCUT2D eigenvalue weighted by molar-refractivity contribution is 6.14. The number of nitrogens with zero attached hydrogens (tertiary/aromatic N) is 2. The summed E-state index contributed by atoms with van der Waals surface area (Å²) in [5.41, 5.74) is 20.9. The van der Waals surface area contributed by atoms with Gasteiger partial charge >= 0.3 is 0 Å². The van der Waals surface area contributed by atoms with Crippen LogP contribution in [0.1, 0.15) is 25.0 Å². The van der Waals surface area contributed by atoms with E-state index in [9.17, 15) is 0 Å².